The van der Waals surface area contributed by atoms with E-state index in [0.717, 1.165) is 0 Å². The molecule has 0 aliphatic carbocycles. The molecule has 0 fully saturated rings. The molecule has 0 amide bonds. The van der Waals surface area contributed by atoms with Crippen molar-refractivity contribution in [3.63, 3.8) is 0 Å². The minimum Gasteiger partial charge on any atom is -0.433 e. The maximum absolute atomic E-state index is 13.3. The maximum Gasteiger partial charge on any atom is 0.219 e. The van der Waals surface area contributed by atoms with Gasteiger partial charge in [0.25, 0.3) is 0 Å². The molecule has 2 aromatic rings. The Hall–Kier alpha value is -2.55. The van der Waals surface area contributed by atoms with Crippen molar-refractivity contribution in [1.82, 2.24) is 4.98 Å². The SMILES string of the molecule is N#Cc1ccc(Oc2c(F)cc(F)cc2F)nc1. The molecular weight excluding hydrogens is 245 g/mol. The summed E-state index contributed by atoms with van der Waals surface area (Å²) in [4.78, 5) is 3.68. The van der Waals surface area contributed by atoms with Crippen molar-refractivity contribution in [3.8, 4) is 17.7 Å². The first kappa shape index (κ1) is 11.9. The van der Waals surface area contributed by atoms with E-state index in [1.807, 2.05) is 6.07 Å². The van der Waals surface area contributed by atoms with E-state index >= 15 is 0 Å². The van der Waals surface area contributed by atoms with Crippen molar-refractivity contribution < 1.29 is 17.9 Å². The van der Waals surface area contributed by atoms with Gasteiger partial charge in [-0.05, 0) is 6.07 Å². The molecule has 1 heterocycles. The van der Waals surface area contributed by atoms with Crippen LogP contribution in [0.4, 0.5) is 13.2 Å². The Morgan fingerprint density at radius 1 is 1.11 bits per heavy atom. The van der Waals surface area contributed by atoms with Gasteiger partial charge < -0.3 is 4.74 Å². The van der Waals surface area contributed by atoms with Gasteiger partial charge >= 0.3 is 0 Å². The minimum absolute atomic E-state index is 0.0987. The van der Waals surface area contributed by atoms with Gasteiger partial charge in [-0.15, -0.1) is 0 Å². The molecular formula is C12H5F3N2O. The lowest BCUT2D eigenvalue weighted by Gasteiger charge is -2.06. The molecule has 18 heavy (non-hydrogen) atoms. The first-order valence-corrected chi connectivity index (χ1v) is 4.78. The lowest BCUT2D eigenvalue weighted by atomic mass is 10.3. The molecule has 3 nitrogen and oxygen atoms in total. The lowest BCUT2D eigenvalue weighted by molar-refractivity contribution is 0.390. The Bertz CT molecular complexity index is 597. The van der Waals surface area contributed by atoms with Crippen LogP contribution in [0.25, 0.3) is 0 Å². The smallest absolute Gasteiger partial charge is 0.219 e. The standard InChI is InChI=1S/C12H5F3N2O/c13-8-3-9(14)12(10(15)4-8)18-11-2-1-7(5-16)6-17-11/h1-4,6H. The van der Waals surface area contributed by atoms with Crippen molar-refractivity contribution in [3.05, 3.63) is 53.5 Å². The van der Waals surface area contributed by atoms with Gasteiger partial charge in [0.15, 0.2) is 11.6 Å². The highest BCUT2D eigenvalue weighted by Crippen LogP contribution is 2.27. The average molecular weight is 250 g/mol. The zero-order valence-corrected chi connectivity index (χ0v) is 8.82. The van der Waals surface area contributed by atoms with Crippen LogP contribution in [0.15, 0.2) is 30.5 Å². The molecule has 0 spiro atoms. The molecule has 0 unspecified atom stereocenters. The molecule has 0 saturated carbocycles. The molecule has 1 aromatic heterocycles. The number of nitrogens with zero attached hydrogens (tertiary/aromatic N) is 2. The summed E-state index contributed by atoms with van der Waals surface area (Å²) in [5.74, 6) is -4.21. The summed E-state index contributed by atoms with van der Waals surface area (Å²) in [6.07, 6.45) is 1.19. The number of rotatable bonds is 2. The Morgan fingerprint density at radius 2 is 1.78 bits per heavy atom. The van der Waals surface area contributed by atoms with E-state index in [1.54, 1.807) is 0 Å². The van der Waals surface area contributed by atoms with Crippen LogP contribution in [-0.4, -0.2) is 4.98 Å². The summed E-state index contributed by atoms with van der Waals surface area (Å²) in [6.45, 7) is 0. The topological polar surface area (TPSA) is 45.9 Å². The Morgan fingerprint density at radius 3 is 2.28 bits per heavy atom. The Labute approximate surface area is 100 Å². The fourth-order valence-electron chi connectivity index (χ4n) is 1.24. The molecule has 0 radical (unpaired) electrons. The zero-order valence-electron chi connectivity index (χ0n) is 8.82. The van der Waals surface area contributed by atoms with Gasteiger partial charge in [-0.1, -0.05) is 0 Å². The molecule has 0 bridgehead atoms. The van der Waals surface area contributed by atoms with E-state index in [1.165, 1.54) is 18.3 Å². The van der Waals surface area contributed by atoms with Gasteiger partial charge in [0.2, 0.25) is 11.6 Å². The van der Waals surface area contributed by atoms with Crippen molar-refractivity contribution in [1.29, 1.82) is 5.26 Å². The number of ether oxygens (including phenoxy) is 1. The molecule has 2 rings (SSSR count). The lowest BCUT2D eigenvalue weighted by Crippen LogP contribution is -1.95. The van der Waals surface area contributed by atoms with Gasteiger partial charge in [0, 0.05) is 24.4 Å². The van der Waals surface area contributed by atoms with Crippen LogP contribution in [0, 0.1) is 28.8 Å². The monoisotopic (exact) mass is 250 g/mol. The molecule has 0 atom stereocenters. The summed E-state index contributed by atoms with van der Waals surface area (Å²) in [5.41, 5.74) is 0.280. The number of halogens is 3. The molecule has 0 aliphatic heterocycles. The molecule has 90 valence electrons. The third-order valence-corrected chi connectivity index (χ3v) is 2.04. The van der Waals surface area contributed by atoms with E-state index in [9.17, 15) is 13.2 Å². The van der Waals surface area contributed by atoms with Gasteiger partial charge in [0.1, 0.15) is 11.9 Å². The highest BCUT2D eigenvalue weighted by molar-refractivity contribution is 5.33. The van der Waals surface area contributed by atoms with Crippen LogP contribution >= 0.6 is 0 Å². The van der Waals surface area contributed by atoms with E-state index in [-0.39, 0.29) is 11.4 Å². The fraction of sp³-hybridized carbons (Fsp3) is 0. The highest BCUT2D eigenvalue weighted by atomic mass is 19.1. The van der Waals surface area contributed by atoms with Crippen molar-refractivity contribution >= 4 is 0 Å². The number of nitriles is 1. The Kier molecular flexibility index (Phi) is 3.15. The predicted molar refractivity (Wildman–Crippen MR) is 55.3 cm³/mol. The number of hydrogen-bond acceptors (Lipinski definition) is 3. The van der Waals surface area contributed by atoms with Crippen LogP contribution in [0.2, 0.25) is 0 Å². The van der Waals surface area contributed by atoms with Gasteiger partial charge in [0.05, 0.1) is 5.56 Å². The maximum atomic E-state index is 13.3. The normalized spacial score (nSPS) is 9.89. The quantitative estimate of drug-likeness (QED) is 0.822. The number of hydrogen-bond donors (Lipinski definition) is 0. The first-order chi connectivity index (χ1) is 8.60. The van der Waals surface area contributed by atoms with Crippen molar-refractivity contribution in [2.24, 2.45) is 0 Å². The van der Waals surface area contributed by atoms with Crippen LogP contribution < -0.4 is 4.74 Å². The zero-order chi connectivity index (χ0) is 13.1. The molecule has 0 aliphatic rings. The second-order valence-corrected chi connectivity index (χ2v) is 3.30. The predicted octanol–water partition coefficient (Wildman–Crippen LogP) is 3.16. The van der Waals surface area contributed by atoms with E-state index in [0.29, 0.717) is 12.1 Å². The van der Waals surface area contributed by atoms with Crippen LogP contribution in [0.3, 0.4) is 0 Å². The van der Waals surface area contributed by atoms with Crippen molar-refractivity contribution in [2.75, 3.05) is 0 Å². The van der Waals surface area contributed by atoms with E-state index in [2.05, 4.69) is 4.98 Å². The summed E-state index contributed by atoms with van der Waals surface area (Å²) < 4.78 is 44.0. The van der Waals surface area contributed by atoms with E-state index < -0.39 is 23.2 Å². The second-order valence-electron chi connectivity index (χ2n) is 3.30. The third-order valence-electron chi connectivity index (χ3n) is 2.04. The van der Waals surface area contributed by atoms with Gasteiger partial charge in [-0.2, -0.15) is 5.26 Å². The number of aromatic nitrogens is 1. The first-order valence-electron chi connectivity index (χ1n) is 4.78. The third kappa shape index (κ3) is 2.40. The van der Waals surface area contributed by atoms with Crippen molar-refractivity contribution in [2.45, 2.75) is 0 Å². The molecule has 0 saturated heterocycles. The number of benzene rings is 1. The summed E-state index contributed by atoms with van der Waals surface area (Å²) >= 11 is 0. The van der Waals surface area contributed by atoms with E-state index in [4.69, 9.17) is 10.00 Å². The fourth-order valence-corrected chi connectivity index (χ4v) is 1.24. The minimum atomic E-state index is -1.17. The van der Waals surface area contributed by atoms with Crippen LogP contribution in [0.1, 0.15) is 5.56 Å². The largest absolute Gasteiger partial charge is 0.433 e. The summed E-state index contributed by atoms with van der Waals surface area (Å²) in [6, 6.07) is 5.49. The van der Waals surface area contributed by atoms with Gasteiger partial charge in [-0.3, -0.25) is 0 Å². The molecule has 0 N–H and O–H groups in total. The summed E-state index contributed by atoms with van der Waals surface area (Å²) in [5, 5.41) is 8.54. The summed E-state index contributed by atoms with van der Waals surface area (Å²) in [7, 11) is 0. The highest BCUT2D eigenvalue weighted by Gasteiger charge is 2.14. The van der Waals surface area contributed by atoms with Crippen LogP contribution in [0.5, 0.6) is 11.6 Å². The van der Waals surface area contributed by atoms with Crippen LogP contribution in [-0.2, 0) is 0 Å². The number of pyridine rings is 1. The average Bonchev–Trinajstić information content (AvgIpc) is 2.34. The molecule has 1 aromatic carbocycles. The van der Waals surface area contributed by atoms with Gasteiger partial charge in [-0.25, -0.2) is 18.2 Å². The Balaban J connectivity index is 2.31. The second kappa shape index (κ2) is 4.75. The molecule has 6 heteroatoms.